The Labute approximate surface area is 106 Å². The van der Waals surface area contributed by atoms with Gasteiger partial charge in [0.1, 0.15) is 5.82 Å². The molecule has 1 saturated heterocycles. The number of para-hydroxylation sites is 1. The average molecular weight is 244 g/mol. The third kappa shape index (κ3) is 2.55. The maximum absolute atomic E-state index is 4.65. The van der Waals surface area contributed by atoms with Gasteiger partial charge in [-0.2, -0.15) is 11.8 Å². The van der Waals surface area contributed by atoms with Crippen LogP contribution in [-0.4, -0.2) is 22.5 Å². The largest absolute Gasteiger partial charge is 0.366 e. The number of nitrogens with zero attached hydrogens (tertiary/aromatic N) is 1. The van der Waals surface area contributed by atoms with E-state index in [1.165, 1.54) is 29.7 Å². The minimum absolute atomic E-state index is 0.586. The molecular formula is C14H16N2S. The Balaban J connectivity index is 1.80. The Morgan fingerprint density at radius 1 is 1.18 bits per heavy atom. The first-order chi connectivity index (χ1) is 8.42. The third-order valence-electron chi connectivity index (χ3n) is 3.11. The summed E-state index contributed by atoms with van der Waals surface area (Å²) in [6.07, 6.45) is 2.58. The molecule has 3 rings (SSSR count). The number of anilines is 1. The van der Waals surface area contributed by atoms with Crippen molar-refractivity contribution >= 4 is 28.5 Å². The topological polar surface area (TPSA) is 24.9 Å². The zero-order valence-corrected chi connectivity index (χ0v) is 10.5. The Hall–Kier alpha value is -1.22. The predicted octanol–water partition coefficient (Wildman–Crippen LogP) is 3.54. The van der Waals surface area contributed by atoms with Crippen molar-refractivity contribution in [3.63, 3.8) is 0 Å². The van der Waals surface area contributed by atoms with Crippen LogP contribution in [-0.2, 0) is 0 Å². The van der Waals surface area contributed by atoms with E-state index in [0.717, 1.165) is 11.3 Å². The molecule has 0 spiro atoms. The third-order valence-corrected chi connectivity index (χ3v) is 4.33. The zero-order valence-electron chi connectivity index (χ0n) is 9.73. The van der Waals surface area contributed by atoms with Gasteiger partial charge < -0.3 is 5.32 Å². The molecule has 1 aromatic carbocycles. The molecule has 1 aromatic heterocycles. The van der Waals surface area contributed by atoms with Crippen molar-refractivity contribution in [3.05, 3.63) is 36.4 Å². The number of fused-ring (bicyclic) bond motifs is 1. The van der Waals surface area contributed by atoms with Gasteiger partial charge in [0.2, 0.25) is 0 Å². The minimum atomic E-state index is 0.586. The number of hydrogen-bond acceptors (Lipinski definition) is 3. The molecule has 1 fully saturated rings. The first-order valence-electron chi connectivity index (χ1n) is 6.12. The number of hydrogen-bond donors (Lipinski definition) is 1. The predicted molar refractivity (Wildman–Crippen MR) is 75.7 cm³/mol. The average Bonchev–Trinajstić information content (AvgIpc) is 2.40. The van der Waals surface area contributed by atoms with Gasteiger partial charge in [0.15, 0.2) is 0 Å². The second-order valence-corrected chi connectivity index (χ2v) is 5.60. The van der Waals surface area contributed by atoms with Crippen LogP contribution < -0.4 is 5.32 Å². The van der Waals surface area contributed by atoms with E-state index in [-0.39, 0.29) is 0 Å². The Kier molecular flexibility index (Phi) is 3.18. The van der Waals surface area contributed by atoms with Crippen molar-refractivity contribution in [2.45, 2.75) is 18.9 Å². The second-order valence-electron chi connectivity index (χ2n) is 4.45. The van der Waals surface area contributed by atoms with E-state index >= 15 is 0 Å². The first kappa shape index (κ1) is 10.9. The lowest BCUT2D eigenvalue weighted by molar-refractivity contribution is 0.683. The highest BCUT2D eigenvalue weighted by Crippen LogP contribution is 2.21. The number of thioether (sulfide) groups is 1. The molecule has 1 atom stereocenters. The Bertz CT molecular complexity index is 506. The van der Waals surface area contributed by atoms with Gasteiger partial charge in [-0.3, -0.25) is 0 Å². The highest BCUT2D eigenvalue weighted by atomic mass is 32.2. The highest BCUT2D eigenvalue weighted by molar-refractivity contribution is 7.99. The fraction of sp³-hybridized carbons (Fsp3) is 0.357. The van der Waals surface area contributed by atoms with Gasteiger partial charge in [-0.15, -0.1) is 0 Å². The van der Waals surface area contributed by atoms with E-state index in [1.54, 1.807) is 0 Å². The number of rotatable bonds is 2. The molecule has 0 radical (unpaired) electrons. The van der Waals surface area contributed by atoms with Crippen molar-refractivity contribution in [1.82, 2.24) is 4.98 Å². The van der Waals surface area contributed by atoms with Crippen molar-refractivity contribution in [1.29, 1.82) is 0 Å². The Morgan fingerprint density at radius 3 is 3.00 bits per heavy atom. The van der Waals surface area contributed by atoms with E-state index in [1.807, 2.05) is 17.8 Å². The van der Waals surface area contributed by atoms with Gasteiger partial charge in [-0.25, -0.2) is 4.98 Å². The molecule has 2 heterocycles. The minimum Gasteiger partial charge on any atom is -0.366 e. The summed E-state index contributed by atoms with van der Waals surface area (Å²) in [5, 5.41) is 4.75. The molecule has 2 nitrogen and oxygen atoms in total. The van der Waals surface area contributed by atoms with Crippen LogP contribution in [0, 0.1) is 0 Å². The number of pyridine rings is 1. The second kappa shape index (κ2) is 4.96. The quantitative estimate of drug-likeness (QED) is 0.874. The van der Waals surface area contributed by atoms with Crippen molar-refractivity contribution in [2.75, 3.05) is 16.8 Å². The van der Waals surface area contributed by atoms with Crippen molar-refractivity contribution in [3.8, 4) is 0 Å². The summed E-state index contributed by atoms with van der Waals surface area (Å²) in [5.41, 5.74) is 1.07. The van der Waals surface area contributed by atoms with Gasteiger partial charge >= 0.3 is 0 Å². The van der Waals surface area contributed by atoms with Gasteiger partial charge in [-0.1, -0.05) is 18.2 Å². The summed E-state index contributed by atoms with van der Waals surface area (Å²) in [4.78, 5) is 4.65. The van der Waals surface area contributed by atoms with Crippen LogP contribution in [0.25, 0.3) is 10.9 Å². The molecule has 1 N–H and O–H groups in total. The molecule has 0 aliphatic carbocycles. The summed E-state index contributed by atoms with van der Waals surface area (Å²) < 4.78 is 0. The summed E-state index contributed by atoms with van der Waals surface area (Å²) >= 11 is 2.04. The molecule has 0 bridgehead atoms. The molecule has 88 valence electrons. The summed E-state index contributed by atoms with van der Waals surface area (Å²) in [6, 6.07) is 13.1. The Morgan fingerprint density at radius 2 is 2.12 bits per heavy atom. The maximum Gasteiger partial charge on any atom is 0.126 e. The smallest absolute Gasteiger partial charge is 0.126 e. The highest BCUT2D eigenvalue weighted by Gasteiger charge is 2.13. The van der Waals surface area contributed by atoms with Crippen LogP contribution in [0.15, 0.2) is 36.4 Å². The van der Waals surface area contributed by atoms with Gasteiger partial charge in [0, 0.05) is 17.2 Å². The molecule has 17 heavy (non-hydrogen) atoms. The summed E-state index contributed by atoms with van der Waals surface area (Å²) in [7, 11) is 0. The van der Waals surface area contributed by atoms with Gasteiger partial charge in [0.05, 0.1) is 5.52 Å². The zero-order chi connectivity index (χ0) is 11.5. The SMILES string of the molecule is c1ccc2nc(NC3CCCSC3)ccc2c1. The molecule has 0 saturated carbocycles. The lowest BCUT2D eigenvalue weighted by Crippen LogP contribution is -2.26. The summed E-state index contributed by atoms with van der Waals surface area (Å²) in [6.45, 7) is 0. The van der Waals surface area contributed by atoms with Crippen LogP contribution in [0.3, 0.4) is 0 Å². The fourth-order valence-corrected chi connectivity index (χ4v) is 3.28. The van der Waals surface area contributed by atoms with E-state index < -0.39 is 0 Å². The van der Waals surface area contributed by atoms with Crippen LogP contribution in [0.5, 0.6) is 0 Å². The normalized spacial score (nSPS) is 20.4. The molecule has 1 aliphatic rings. The van der Waals surface area contributed by atoms with Gasteiger partial charge in [-0.05, 0) is 36.8 Å². The number of benzene rings is 1. The molecule has 3 heteroatoms. The van der Waals surface area contributed by atoms with Crippen LogP contribution in [0.2, 0.25) is 0 Å². The standard InChI is InChI=1S/C14H16N2S/c1-2-6-13-11(4-1)7-8-14(16-13)15-12-5-3-9-17-10-12/h1-2,4,6-8,12H,3,5,9-10H2,(H,15,16). The lowest BCUT2D eigenvalue weighted by Gasteiger charge is -2.23. The maximum atomic E-state index is 4.65. The number of nitrogens with one attached hydrogen (secondary N) is 1. The fourth-order valence-electron chi connectivity index (χ4n) is 2.21. The van der Waals surface area contributed by atoms with E-state index in [2.05, 4.69) is 40.6 Å². The van der Waals surface area contributed by atoms with Crippen LogP contribution in [0.4, 0.5) is 5.82 Å². The summed E-state index contributed by atoms with van der Waals surface area (Å²) in [5.74, 6) is 3.52. The molecular weight excluding hydrogens is 228 g/mol. The van der Waals surface area contributed by atoms with E-state index in [0.29, 0.717) is 6.04 Å². The van der Waals surface area contributed by atoms with Gasteiger partial charge in [0.25, 0.3) is 0 Å². The lowest BCUT2D eigenvalue weighted by atomic mass is 10.2. The molecule has 1 unspecified atom stereocenters. The van der Waals surface area contributed by atoms with E-state index in [4.69, 9.17) is 0 Å². The monoisotopic (exact) mass is 244 g/mol. The van der Waals surface area contributed by atoms with Crippen LogP contribution >= 0.6 is 11.8 Å². The number of aromatic nitrogens is 1. The van der Waals surface area contributed by atoms with Crippen LogP contribution in [0.1, 0.15) is 12.8 Å². The first-order valence-corrected chi connectivity index (χ1v) is 7.27. The molecule has 1 aliphatic heterocycles. The molecule has 2 aromatic rings. The van der Waals surface area contributed by atoms with E-state index in [9.17, 15) is 0 Å². The van der Waals surface area contributed by atoms with Crippen molar-refractivity contribution in [2.24, 2.45) is 0 Å². The molecule has 0 amide bonds. The van der Waals surface area contributed by atoms with Crippen molar-refractivity contribution < 1.29 is 0 Å².